The van der Waals surface area contributed by atoms with E-state index in [1.807, 2.05) is 13.8 Å². The van der Waals surface area contributed by atoms with Crippen LogP contribution in [0.1, 0.15) is 19.4 Å². The Balaban J connectivity index is 1.84. The molecule has 0 spiro atoms. The second-order valence-corrected chi connectivity index (χ2v) is 8.00. The van der Waals surface area contributed by atoms with Gasteiger partial charge in [0.1, 0.15) is 12.1 Å². The summed E-state index contributed by atoms with van der Waals surface area (Å²) in [5, 5.41) is 1.78. The van der Waals surface area contributed by atoms with Crippen molar-refractivity contribution < 1.29 is 27.6 Å². The van der Waals surface area contributed by atoms with Crippen molar-refractivity contribution in [3.8, 4) is 0 Å². The third-order valence-electron chi connectivity index (χ3n) is 5.93. The molecule has 6 nitrogen and oxygen atoms in total. The Labute approximate surface area is 160 Å². The molecule has 1 heterocycles. The predicted molar refractivity (Wildman–Crippen MR) is 93.6 cm³/mol. The van der Waals surface area contributed by atoms with Gasteiger partial charge in [-0.3, -0.25) is 14.4 Å². The number of likely N-dealkylation sites (tertiary alicyclic amines) is 1. The second kappa shape index (κ2) is 6.79. The van der Waals surface area contributed by atoms with Crippen LogP contribution in [0, 0.1) is 17.3 Å². The van der Waals surface area contributed by atoms with Crippen LogP contribution in [-0.4, -0.2) is 47.4 Å². The van der Waals surface area contributed by atoms with E-state index in [2.05, 4.69) is 0 Å². The van der Waals surface area contributed by atoms with Gasteiger partial charge in [-0.05, 0) is 22.8 Å². The Bertz CT molecular complexity index is 795. The monoisotopic (exact) mass is 397 g/mol. The van der Waals surface area contributed by atoms with Crippen LogP contribution in [0.4, 0.5) is 13.2 Å². The minimum absolute atomic E-state index is 0.0599. The maximum absolute atomic E-state index is 13.0. The highest BCUT2D eigenvalue weighted by molar-refractivity contribution is 5.94. The fraction of sp³-hybridized carbons (Fsp3) is 0.526. The van der Waals surface area contributed by atoms with Crippen LogP contribution >= 0.6 is 0 Å². The maximum Gasteiger partial charge on any atom is 0.471 e. The van der Waals surface area contributed by atoms with Gasteiger partial charge < -0.3 is 16.0 Å². The van der Waals surface area contributed by atoms with Crippen molar-refractivity contribution in [2.75, 3.05) is 6.54 Å². The van der Waals surface area contributed by atoms with Crippen molar-refractivity contribution in [3.63, 3.8) is 0 Å². The summed E-state index contributed by atoms with van der Waals surface area (Å²) in [6, 6.07) is 6.07. The van der Waals surface area contributed by atoms with Gasteiger partial charge in [-0.25, -0.2) is 0 Å². The van der Waals surface area contributed by atoms with Gasteiger partial charge in [0.25, 0.3) is 0 Å². The zero-order valence-electron chi connectivity index (χ0n) is 15.5. The number of fused-ring (bicyclic) bond motifs is 1. The van der Waals surface area contributed by atoms with Crippen LogP contribution < -0.4 is 11.1 Å². The fourth-order valence-electron chi connectivity index (χ4n) is 4.33. The number of carbonyl (C=O) groups excluding carboxylic acids is 3. The highest BCUT2D eigenvalue weighted by Crippen LogP contribution is 2.64. The van der Waals surface area contributed by atoms with Gasteiger partial charge >= 0.3 is 12.1 Å². The summed E-state index contributed by atoms with van der Waals surface area (Å²) >= 11 is 0. The third-order valence-corrected chi connectivity index (χ3v) is 5.93. The van der Waals surface area contributed by atoms with Crippen molar-refractivity contribution in [2.45, 2.75) is 38.5 Å². The van der Waals surface area contributed by atoms with Crippen molar-refractivity contribution in [3.05, 3.63) is 35.9 Å². The Morgan fingerprint density at radius 3 is 2.39 bits per heavy atom. The molecule has 1 aliphatic carbocycles. The lowest BCUT2D eigenvalue weighted by molar-refractivity contribution is -0.175. The van der Waals surface area contributed by atoms with E-state index in [1.54, 1.807) is 35.6 Å². The number of benzene rings is 1. The van der Waals surface area contributed by atoms with E-state index < -0.39 is 36.0 Å². The number of amides is 3. The lowest BCUT2D eigenvalue weighted by atomic mass is 9.98. The Morgan fingerprint density at radius 1 is 1.25 bits per heavy atom. The largest absolute Gasteiger partial charge is 0.471 e. The van der Waals surface area contributed by atoms with Crippen LogP contribution in [-0.2, 0) is 20.8 Å². The molecule has 0 aromatic heterocycles. The summed E-state index contributed by atoms with van der Waals surface area (Å²) in [7, 11) is 0. The molecule has 1 saturated heterocycles. The number of hydrogen-bond donors (Lipinski definition) is 2. The van der Waals surface area contributed by atoms with Gasteiger partial charge in [0.15, 0.2) is 0 Å². The summed E-state index contributed by atoms with van der Waals surface area (Å²) in [5.74, 6) is -3.67. The van der Waals surface area contributed by atoms with E-state index in [4.69, 9.17) is 5.73 Å². The molecule has 3 amide bonds. The summed E-state index contributed by atoms with van der Waals surface area (Å²) in [6.45, 7) is 4.16. The number of rotatable bonds is 5. The first kappa shape index (κ1) is 20.2. The molecule has 152 valence electrons. The molecule has 28 heavy (non-hydrogen) atoms. The van der Waals surface area contributed by atoms with E-state index >= 15 is 0 Å². The van der Waals surface area contributed by atoms with Crippen molar-refractivity contribution in [1.82, 2.24) is 10.2 Å². The van der Waals surface area contributed by atoms with Crippen molar-refractivity contribution in [2.24, 2.45) is 23.0 Å². The molecule has 3 unspecified atom stereocenters. The molecule has 2 fully saturated rings. The minimum atomic E-state index is -5.12. The average Bonchev–Trinajstić information content (AvgIpc) is 2.96. The van der Waals surface area contributed by atoms with Crippen molar-refractivity contribution >= 4 is 17.7 Å². The molecule has 3 N–H and O–H groups in total. The van der Waals surface area contributed by atoms with Gasteiger partial charge in [0.2, 0.25) is 11.8 Å². The number of carbonyl (C=O) groups is 3. The van der Waals surface area contributed by atoms with E-state index in [1.165, 1.54) is 4.90 Å². The number of nitrogens with two attached hydrogens (primary N) is 1. The van der Waals surface area contributed by atoms with Gasteiger partial charge in [0.05, 0.1) is 0 Å². The van der Waals surface area contributed by atoms with Gasteiger partial charge in [0, 0.05) is 13.0 Å². The summed E-state index contributed by atoms with van der Waals surface area (Å²) in [6.07, 6.45) is -5.24. The smallest absolute Gasteiger partial charge is 0.368 e. The first-order chi connectivity index (χ1) is 12.9. The number of halogens is 3. The highest BCUT2D eigenvalue weighted by atomic mass is 19.4. The molecule has 9 heteroatoms. The van der Waals surface area contributed by atoms with E-state index in [9.17, 15) is 27.6 Å². The molecular weight excluding hydrogens is 375 g/mol. The molecule has 1 saturated carbocycles. The standard InChI is InChI=1S/C19H22F3N3O3/c1-18(2)11-9-25(14(13(11)18)15(23)26)16(27)12(24-17(28)19(20,21)22)8-10-6-4-3-5-7-10/h3-7,11-14H,8-9H2,1-2H3,(H2,23,26)(H,24,28)/t11?,12-,13?,14?/m0/s1. The number of nitrogens with zero attached hydrogens (tertiary/aromatic N) is 1. The van der Waals surface area contributed by atoms with E-state index in [0.29, 0.717) is 5.56 Å². The topological polar surface area (TPSA) is 92.5 Å². The number of alkyl halides is 3. The first-order valence-corrected chi connectivity index (χ1v) is 8.96. The molecule has 4 atom stereocenters. The number of primary amides is 1. The molecular formula is C19H22F3N3O3. The van der Waals surface area contributed by atoms with Gasteiger partial charge in [-0.2, -0.15) is 13.2 Å². The maximum atomic E-state index is 13.0. The minimum Gasteiger partial charge on any atom is -0.368 e. The third kappa shape index (κ3) is 3.57. The lowest BCUT2D eigenvalue weighted by Gasteiger charge is -2.32. The first-order valence-electron chi connectivity index (χ1n) is 8.96. The molecule has 1 aliphatic heterocycles. The van der Waals surface area contributed by atoms with Crippen LogP contribution in [0.2, 0.25) is 0 Å². The van der Waals surface area contributed by atoms with Gasteiger partial charge in [-0.1, -0.05) is 44.2 Å². The lowest BCUT2D eigenvalue weighted by Crippen LogP contribution is -2.57. The molecule has 0 bridgehead atoms. The fourth-order valence-corrected chi connectivity index (χ4v) is 4.33. The zero-order valence-corrected chi connectivity index (χ0v) is 15.5. The summed E-state index contributed by atoms with van der Waals surface area (Å²) < 4.78 is 38.3. The summed E-state index contributed by atoms with van der Waals surface area (Å²) in [4.78, 5) is 37.7. The van der Waals surface area contributed by atoms with Crippen LogP contribution in [0.3, 0.4) is 0 Å². The van der Waals surface area contributed by atoms with Gasteiger partial charge in [-0.15, -0.1) is 0 Å². The number of piperidine rings is 1. The number of nitrogens with one attached hydrogen (secondary N) is 1. The highest BCUT2D eigenvalue weighted by Gasteiger charge is 2.69. The molecule has 0 radical (unpaired) electrons. The molecule has 1 aromatic carbocycles. The average molecular weight is 397 g/mol. The van der Waals surface area contributed by atoms with Crippen molar-refractivity contribution in [1.29, 1.82) is 0 Å². The second-order valence-electron chi connectivity index (χ2n) is 8.00. The predicted octanol–water partition coefficient (Wildman–Crippen LogP) is 1.24. The molecule has 3 rings (SSSR count). The quantitative estimate of drug-likeness (QED) is 0.783. The Hall–Kier alpha value is -2.58. The SMILES string of the molecule is CC1(C)C2CN(C(=O)[C@H](Cc3ccccc3)NC(=O)C(F)(F)F)C(C(N)=O)C21. The van der Waals surface area contributed by atoms with E-state index in [-0.39, 0.29) is 30.2 Å². The molecule has 1 aromatic rings. The zero-order chi connectivity index (χ0) is 20.9. The Morgan fingerprint density at radius 2 is 1.86 bits per heavy atom. The van der Waals surface area contributed by atoms with Crippen LogP contribution in [0.15, 0.2) is 30.3 Å². The van der Waals surface area contributed by atoms with Crippen LogP contribution in [0.5, 0.6) is 0 Å². The normalized spacial score (nSPS) is 26.3. The Kier molecular flexibility index (Phi) is 4.89. The number of hydrogen-bond acceptors (Lipinski definition) is 3. The molecule has 2 aliphatic rings. The van der Waals surface area contributed by atoms with Crippen LogP contribution in [0.25, 0.3) is 0 Å². The van der Waals surface area contributed by atoms with E-state index in [0.717, 1.165) is 0 Å². The summed E-state index contributed by atoms with van der Waals surface area (Å²) in [5.41, 5.74) is 5.92.